The molecule has 0 fully saturated rings. The highest BCUT2D eigenvalue weighted by molar-refractivity contribution is 4.84. The predicted molar refractivity (Wildman–Crippen MR) is 54.2 cm³/mol. The van der Waals surface area contributed by atoms with Gasteiger partial charge in [-0.25, -0.2) is 0 Å². The molecule has 0 aliphatic heterocycles. The summed E-state index contributed by atoms with van der Waals surface area (Å²) >= 11 is 0. The molecule has 0 saturated carbocycles. The van der Waals surface area contributed by atoms with Crippen LogP contribution in [-0.2, 0) is 4.74 Å². The van der Waals surface area contributed by atoms with Crippen LogP contribution in [0.15, 0.2) is 0 Å². The number of likely N-dealkylation sites (N-methyl/N-ethyl adjacent to an activating group) is 1. The second-order valence-electron chi connectivity index (χ2n) is 4.16. The zero-order valence-electron chi connectivity index (χ0n) is 10.4. The molecule has 18 heavy (non-hydrogen) atoms. The predicted octanol–water partition coefficient (Wildman–Crippen LogP) is 3.27. The maximum atomic E-state index is 12.3. The molecule has 0 heterocycles. The molecule has 2 nitrogen and oxygen atoms in total. The summed E-state index contributed by atoms with van der Waals surface area (Å²) in [6, 6.07) is 0. The average molecular weight is 281 g/mol. The smallest absolute Gasteiger partial charge is 0.353 e. The van der Waals surface area contributed by atoms with Crippen LogP contribution in [0.4, 0.5) is 26.3 Å². The Morgan fingerprint density at radius 1 is 1.00 bits per heavy atom. The lowest BCUT2D eigenvalue weighted by Gasteiger charge is -2.35. The number of ether oxygens (including phenoxy) is 1. The summed E-state index contributed by atoms with van der Waals surface area (Å²) in [7, 11) is 0. The molecule has 8 heteroatoms. The Labute approximate surface area is 102 Å². The Bertz CT molecular complexity index is 238. The zero-order chi connectivity index (χ0) is 14.6. The topological polar surface area (TPSA) is 21.3 Å². The van der Waals surface area contributed by atoms with E-state index in [2.05, 4.69) is 10.1 Å². The van der Waals surface area contributed by atoms with Gasteiger partial charge in [-0.1, -0.05) is 13.8 Å². The standard InChI is InChI=1S/C10H17F6NO/c1-4-8(3,6-17-5-2)18-7(9(11,12)13)10(14,15)16/h7,17H,4-6H2,1-3H3. The van der Waals surface area contributed by atoms with Crippen LogP contribution >= 0.6 is 0 Å². The molecule has 1 atom stereocenters. The molecule has 0 amide bonds. The van der Waals surface area contributed by atoms with E-state index in [1.165, 1.54) is 13.8 Å². The average Bonchev–Trinajstić information content (AvgIpc) is 2.20. The SMILES string of the molecule is CCNCC(C)(CC)OC(C(F)(F)F)C(F)(F)F. The van der Waals surface area contributed by atoms with Gasteiger partial charge in [0.05, 0.1) is 5.60 Å². The second kappa shape index (κ2) is 6.10. The fraction of sp³-hybridized carbons (Fsp3) is 1.00. The number of halogens is 6. The molecule has 0 aromatic rings. The lowest BCUT2D eigenvalue weighted by atomic mass is 10.0. The van der Waals surface area contributed by atoms with Crippen molar-refractivity contribution in [2.75, 3.05) is 13.1 Å². The quantitative estimate of drug-likeness (QED) is 0.754. The molecule has 0 saturated heterocycles. The largest absolute Gasteiger partial charge is 0.423 e. The first kappa shape index (κ1) is 17.5. The van der Waals surface area contributed by atoms with E-state index in [1.807, 2.05) is 0 Å². The molecular weight excluding hydrogens is 264 g/mol. The van der Waals surface area contributed by atoms with Gasteiger partial charge in [0.15, 0.2) is 0 Å². The van der Waals surface area contributed by atoms with Crippen LogP contribution in [0.1, 0.15) is 27.2 Å². The molecule has 1 unspecified atom stereocenters. The van der Waals surface area contributed by atoms with E-state index < -0.39 is 24.1 Å². The second-order valence-corrected chi connectivity index (χ2v) is 4.16. The van der Waals surface area contributed by atoms with Crippen molar-refractivity contribution in [1.29, 1.82) is 0 Å². The monoisotopic (exact) mass is 281 g/mol. The van der Waals surface area contributed by atoms with Crippen molar-refractivity contribution in [2.45, 2.75) is 51.2 Å². The minimum Gasteiger partial charge on any atom is -0.353 e. The number of rotatable bonds is 6. The Kier molecular flexibility index (Phi) is 5.93. The summed E-state index contributed by atoms with van der Waals surface area (Å²) in [6.45, 7) is 4.74. The summed E-state index contributed by atoms with van der Waals surface area (Å²) < 4.78 is 78.3. The highest BCUT2D eigenvalue weighted by Crippen LogP contribution is 2.38. The third-order valence-electron chi connectivity index (χ3n) is 2.49. The molecule has 0 aromatic heterocycles. The van der Waals surface area contributed by atoms with Gasteiger partial charge < -0.3 is 10.1 Å². The van der Waals surface area contributed by atoms with E-state index in [1.54, 1.807) is 6.92 Å². The Hall–Kier alpha value is -0.500. The van der Waals surface area contributed by atoms with E-state index in [4.69, 9.17) is 0 Å². The van der Waals surface area contributed by atoms with Crippen LogP contribution in [0.2, 0.25) is 0 Å². The number of hydrogen-bond acceptors (Lipinski definition) is 2. The first-order valence-corrected chi connectivity index (χ1v) is 5.48. The van der Waals surface area contributed by atoms with Crippen LogP contribution < -0.4 is 5.32 Å². The molecule has 0 rings (SSSR count). The van der Waals surface area contributed by atoms with E-state index >= 15 is 0 Å². The summed E-state index contributed by atoms with van der Waals surface area (Å²) in [5.74, 6) is 0. The summed E-state index contributed by atoms with van der Waals surface area (Å²) in [5, 5.41) is 2.69. The summed E-state index contributed by atoms with van der Waals surface area (Å²) in [5.41, 5.74) is -1.52. The molecule has 0 spiro atoms. The van der Waals surface area contributed by atoms with Crippen molar-refractivity contribution in [3.63, 3.8) is 0 Å². The number of hydrogen-bond donors (Lipinski definition) is 1. The molecule has 0 aliphatic carbocycles. The van der Waals surface area contributed by atoms with E-state index in [9.17, 15) is 26.3 Å². The normalized spacial score (nSPS) is 17.0. The van der Waals surface area contributed by atoms with Crippen molar-refractivity contribution in [2.24, 2.45) is 0 Å². The van der Waals surface area contributed by atoms with E-state index in [0.717, 1.165) is 0 Å². The summed E-state index contributed by atoms with van der Waals surface area (Å²) in [4.78, 5) is 0. The third kappa shape index (κ3) is 5.43. The maximum Gasteiger partial charge on any atom is 0.423 e. The van der Waals surface area contributed by atoms with Gasteiger partial charge in [0.2, 0.25) is 6.10 Å². The van der Waals surface area contributed by atoms with Crippen LogP contribution in [-0.4, -0.2) is 37.1 Å². The zero-order valence-corrected chi connectivity index (χ0v) is 10.4. The number of nitrogens with one attached hydrogen (secondary N) is 1. The Morgan fingerprint density at radius 3 is 1.72 bits per heavy atom. The number of alkyl halides is 6. The van der Waals surface area contributed by atoms with Crippen LogP contribution in [0.25, 0.3) is 0 Å². The minimum absolute atomic E-state index is 0.0304. The molecule has 0 radical (unpaired) electrons. The first-order valence-electron chi connectivity index (χ1n) is 5.48. The van der Waals surface area contributed by atoms with Crippen molar-refractivity contribution >= 4 is 0 Å². The van der Waals surface area contributed by atoms with E-state index in [-0.39, 0.29) is 13.0 Å². The van der Waals surface area contributed by atoms with Crippen molar-refractivity contribution in [3.05, 3.63) is 0 Å². The van der Waals surface area contributed by atoms with Gasteiger partial charge in [-0.15, -0.1) is 0 Å². The van der Waals surface area contributed by atoms with Crippen LogP contribution in [0, 0.1) is 0 Å². The Morgan fingerprint density at radius 2 is 1.44 bits per heavy atom. The lowest BCUT2D eigenvalue weighted by Crippen LogP contribution is -2.52. The fourth-order valence-corrected chi connectivity index (χ4v) is 1.24. The van der Waals surface area contributed by atoms with Gasteiger partial charge in [-0.05, 0) is 19.9 Å². The molecular formula is C10H17F6NO. The van der Waals surface area contributed by atoms with Crippen molar-refractivity contribution < 1.29 is 31.1 Å². The van der Waals surface area contributed by atoms with Gasteiger partial charge in [0.1, 0.15) is 0 Å². The maximum absolute atomic E-state index is 12.3. The van der Waals surface area contributed by atoms with Gasteiger partial charge in [-0.2, -0.15) is 26.3 Å². The Balaban J connectivity index is 4.95. The lowest BCUT2D eigenvalue weighted by molar-refractivity contribution is -0.342. The highest BCUT2D eigenvalue weighted by Gasteiger charge is 2.59. The summed E-state index contributed by atoms with van der Waals surface area (Å²) in [6.07, 6.45) is -14.7. The van der Waals surface area contributed by atoms with Gasteiger partial charge in [0, 0.05) is 6.54 Å². The van der Waals surface area contributed by atoms with Crippen molar-refractivity contribution in [3.8, 4) is 0 Å². The molecule has 0 aliphatic rings. The molecule has 0 aromatic carbocycles. The highest BCUT2D eigenvalue weighted by atomic mass is 19.4. The minimum atomic E-state index is -5.47. The fourth-order valence-electron chi connectivity index (χ4n) is 1.24. The van der Waals surface area contributed by atoms with Crippen molar-refractivity contribution in [1.82, 2.24) is 5.32 Å². The van der Waals surface area contributed by atoms with Gasteiger partial charge in [0.25, 0.3) is 0 Å². The van der Waals surface area contributed by atoms with Crippen LogP contribution in [0.5, 0.6) is 0 Å². The molecule has 0 bridgehead atoms. The van der Waals surface area contributed by atoms with E-state index in [0.29, 0.717) is 6.54 Å². The van der Waals surface area contributed by atoms with Gasteiger partial charge >= 0.3 is 12.4 Å². The first-order chi connectivity index (χ1) is 7.96. The van der Waals surface area contributed by atoms with Crippen LogP contribution in [0.3, 0.4) is 0 Å². The van der Waals surface area contributed by atoms with Gasteiger partial charge in [-0.3, -0.25) is 0 Å². The molecule has 1 N–H and O–H groups in total. The molecule has 110 valence electrons. The third-order valence-corrected chi connectivity index (χ3v) is 2.49.